The summed E-state index contributed by atoms with van der Waals surface area (Å²) in [4.78, 5) is 67.3. The molecule has 0 aromatic rings. The predicted octanol–water partition coefficient (Wildman–Crippen LogP) is -1.31. The molecule has 28 heavy (non-hydrogen) atoms. The second-order valence-corrected chi connectivity index (χ2v) is 6.01. The van der Waals surface area contributed by atoms with E-state index in [1.165, 1.54) is 6.92 Å². The van der Waals surface area contributed by atoms with Gasteiger partial charge in [-0.25, -0.2) is 4.79 Å². The van der Waals surface area contributed by atoms with Gasteiger partial charge in [0, 0.05) is 19.9 Å². The van der Waals surface area contributed by atoms with Crippen LogP contribution in [-0.2, 0) is 28.8 Å². The Bertz CT molecular complexity index is 606. The van der Waals surface area contributed by atoms with Crippen molar-refractivity contribution in [2.75, 3.05) is 6.54 Å². The number of hydrogen-bond acceptors (Lipinski definition) is 6. The average molecular weight is 403 g/mol. The summed E-state index contributed by atoms with van der Waals surface area (Å²) in [5, 5.41) is 33.2. The van der Waals surface area contributed by atoms with E-state index >= 15 is 0 Å². The van der Waals surface area contributed by atoms with Gasteiger partial charge in [-0.15, -0.1) is 0 Å². The number of carboxylic acid groups (broad SMARTS) is 3. The minimum atomic E-state index is -1.76. The molecular weight excluding hydrogens is 378 g/mol. The Morgan fingerprint density at radius 2 is 1.36 bits per heavy atom. The van der Waals surface area contributed by atoms with Crippen molar-refractivity contribution in [3.05, 3.63) is 0 Å². The molecule has 0 bridgehead atoms. The van der Waals surface area contributed by atoms with E-state index in [0.717, 1.165) is 0 Å². The lowest BCUT2D eigenvalue weighted by Crippen LogP contribution is -2.52. The topological polar surface area (TPSA) is 199 Å². The monoisotopic (exact) mass is 403 g/mol. The Balaban J connectivity index is 4.62. The van der Waals surface area contributed by atoms with Crippen molar-refractivity contribution < 1.29 is 44.1 Å². The van der Waals surface area contributed by atoms with Crippen LogP contribution >= 0.6 is 0 Å². The molecule has 0 rings (SSSR count). The van der Waals surface area contributed by atoms with Crippen LogP contribution in [-0.4, -0.2) is 69.6 Å². The molecule has 0 aromatic carbocycles. The first kappa shape index (κ1) is 24.8. The van der Waals surface area contributed by atoms with E-state index in [4.69, 9.17) is 15.3 Å². The summed E-state index contributed by atoms with van der Waals surface area (Å²) in [6.07, 6.45) is -0.00223. The van der Waals surface area contributed by atoms with Gasteiger partial charge in [-0.2, -0.15) is 0 Å². The van der Waals surface area contributed by atoms with Gasteiger partial charge in [0.15, 0.2) is 0 Å². The van der Waals surface area contributed by atoms with E-state index in [1.54, 1.807) is 0 Å². The van der Waals surface area contributed by atoms with Crippen LogP contribution in [0.25, 0.3) is 0 Å². The first-order valence-electron chi connectivity index (χ1n) is 8.53. The van der Waals surface area contributed by atoms with Crippen molar-refractivity contribution in [2.24, 2.45) is 0 Å². The quantitative estimate of drug-likeness (QED) is 0.190. The first-order chi connectivity index (χ1) is 13.0. The zero-order chi connectivity index (χ0) is 21.7. The van der Waals surface area contributed by atoms with E-state index in [-0.39, 0.29) is 12.3 Å². The zero-order valence-electron chi connectivity index (χ0n) is 15.4. The van der Waals surface area contributed by atoms with Crippen molar-refractivity contribution in [3.8, 4) is 0 Å². The van der Waals surface area contributed by atoms with Gasteiger partial charge < -0.3 is 31.3 Å². The number of nitrogens with one attached hydrogen (secondary N) is 3. The van der Waals surface area contributed by atoms with Crippen molar-refractivity contribution in [1.82, 2.24) is 16.0 Å². The highest BCUT2D eigenvalue weighted by atomic mass is 16.4. The van der Waals surface area contributed by atoms with Gasteiger partial charge in [0.1, 0.15) is 12.1 Å². The molecule has 0 aromatic heterocycles. The van der Waals surface area contributed by atoms with Crippen molar-refractivity contribution in [2.45, 2.75) is 57.5 Å². The Morgan fingerprint density at radius 1 is 0.786 bits per heavy atom. The lowest BCUT2D eigenvalue weighted by atomic mass is 10.1. The van der Waals surface area contributed by atoms with Crippen LogP contribution < -0.4 is 16.0 Å². The molecule has 0 aliphatic rings. The number of unbranched alkanes of at least 4 members (excludes halogenated alkanes) is 2. The van der Waals surface area contributed by atoms with Gasteiger partial charge in [-0.05, 0) is 12.8 Å². The summed E-state index contributed by atoms with van der Waals surface area (Å²) >= 11 is 0. The number of rotatable bonds is 14. The molecule has 0 saturated heterocycles. The number of carbonyl (C=O) groups is 6. The fourth-order valence-electron chi connectivity index (χ4n) is 2.15. The van der Waals surface area contributed by atoms with E-state index < -0.39 is 54.6 Å². The van der Waals surface area contributed by atoms with Crippen LogP contribution in [0.5, 0.6) is 0 Å². The van der Waals surface area contributed by atoms with E-state index in [1.807, 2.05) is 5.32 Å². The van der Waals surface area contributed by atoms with Crippen LogP contribution in [0.3, 0.4) is 0 Å². The van der Waals surface area contributed by atoms with Crippen LogP contribution in [0.15, 0.2) is 0 Å². The van der Waals surface area contributed by atoms with Gasteiger partial charge in [0.05, 0.1) is 12.8 Å². The summed E-state index contributed by atoms with van der Waals surface area (Å²) < 4.78 is 0. The number of aliphatic carboxylic acids is 3. The summed E-state index contributed by atoms with van der Waals surface area (Å²) in [7, 11) is 0. The van der Waals surface area contributed by atoms with Gasteiger partial charge in [0.2, 0.25) is 17.7 Å². The lowest BCUT2D eigenvalue weighted by molar-refractivity contribution is -0.148. The number of hydrogen-bond donors (Lipinski definition) is 6. The molecule has 0 spiro atoms. The summed E-state index contributed by atoms with van der Waals surface area (Å²) in [5.74, 6) is -6.34. The summed E-state index contributed by atoms with van der Waals surface area (Å²) in [5.41, 5.74) is 0. The predicted molar refractivity (Wildman–Crippen MR) is 93.2 cm³/mol. The van der Waals surface area contributed by atoms with Gasteiger partial charge in [0.25, 0.3) is 0 Å². The Labute approximate surface area is 160 Å². The lowest BCUT2D eigenvalue weighted by Gasteiger charge is -2.19. The molecule has 0 aliphatic carbocycles. The molecule has 2 atom stereocenters. The SMILES string of the molecule is CC(=O)NCCCCCC(=O)NC(CC(=O)O)C(=O)NC(CC(=O)O)C(=O)O. The number of carboxylic acids is 3. The fourth-order valence-corrected chi connectivity index (χ4v) is 2.15. The molecule has 12 nitrogen and oxygen atoms in total. The summed E-state index contributed by atoms with van der Waals surface area (Å²) in [6.45, 7) is 1.84. The maximum Gasteiger partial charge on any atom is 0.326 e. The van der Waals surface area contributed by atoms with Gasteiger partial charge >= 0.3 is 17.9 Å². The molecule has 2 unspecified atom stereocenters. The first-order valence-corrected chi connectivity index (χ1v) is 8.53. The second kappa shape index (κ2) is 13.1. The van der Waals surface area contributed by atoms with Crippen molar-refractivity contribution in [3.63, 3.8) is 0 Å². The second-order valence-electron chi connectivity index (χ2n) is 6.01. The Morgan fingerprint density at radius 3 is 1.86 bits per heavy atom. The Hall–Kier alpha value is -3.18. The molecule has 0 radical (unpaired) electrons. The smallest absolute Gasteiger partial charge is 0.326 e. The van der Waals surface area contributed by atoms with Crippen LogP contribution in [0.1, 0.15) is 45.4 Å². The zero-order valence-corrected chi connectivity index (χ0v) is 15.4. The third-order valence-electron chi connectivity index (χ3n) is 3.48. The van der Waals surface area contributed by atoms with Crippen LogP contribution in [0, 0.1) is 0 Å². The molecule has 6 N–H and O–H groups in total. The van der Waals surface area contributed by atoms with Gasteiger partial charge in [-0.3, -0.25) is 24.0 Å². The number of amides is 3. The molecule has 0 aliphatic heterocycles. The molecule has 0 fully saturated rings. The maximum atomic E-state index is 12.1. The molecule has 3 amide bonds. The molecule has 12 heteroatoms. The molecule has 0 saturated carbocycles. The van der Waals surface area contributed by atoms with Crippen LogP contribution in [0.4, 0.5) is 0 Å². The molecule has 158 valence electrons. The average Bonchev–Trinajstić information content (AvgIpc) is 2.55. The number of carbonyl (C=O) groups excluding carboxylic acids is 3. The maximum absolute atomic E-state index is 12.1. The van der Waals surface area contributed by atoms with E-state index in [0.29, 0.717) is 25.8 Å². The highest BCUT2D eigenvalue weighted by Gasteiger charge is 2.29. The summed E-state index contributed by atoms with van der Waals surface area (Å²) in [6, 6.07) is -3.30. The van der Waals surface area contributed by atoms with E-state index in [2.05, 4.69) is 10.6 Å². The minimum Gasteiger partial charge on any atom is -0.481 e. The highest BCUT2D eigenvalue weighted by Crippen LogP contribution is 2.02. The minimum absolute atomic E-state index is 0.000948. The van der Waals surface area contributed by atoms with E-state index in [9.17, 15) is 28.8 Å². The molecule has 0 heterocycles. The van der Waals surface area contributed by atoms with Crippen LogP contribution in [0.2, 0.25) is 0 Å². The standard InChI is InChI=1S/C16H25N3O9/c1-9(20)17-6-4-2-3-5-12(21)18-10(7-13(22)23)15(26)19-11(16(27)28)8-14(24)25/h10-11H,2-8H2,1H3,(H,17,20)(H,18,21)(H,19,26)(H,22,23)(H,24,25)(H,27,28). The highest BCUT2D eigenvalue weighted by molar-refractivity contribution is 5.93. The largest absolute Gasteiger partial charge is 0.481 e. The Kier molecular flexibility index (Phi) is 11.6. The third kappa shape index (κ3) is 12.2. The molecular formula is C16H25N3O9. The fraction of sp³-hybridized carbons (Fsp3) is 0.625. The third-order valence-corrected chi connectivity index (χ3v) is 3.48. The van der Waals surface area contributed by atoms with Gasteiger partial charge in [-0.1, -0.05) is 6.42 Å². The van der Waals surface area contributed by atoms with Crippen molar-refractivity contribution >= 4 is 35.6 Å². The normalized spacial score (nSPS) is 12.3. The van der Waals surface area contributed by atoms with Crippen molar-refractivity contribution in [1.29, 1.82) is 0 Å².